The fourth-order valence-corrected chi connectivity index (χ4v) is 3.81. The molecular weight excluding hydrogens is 232 g/mol. The molecule has 1 heterocycles. The highest BCUT2D eigenvalue weighted by molar-refractivity contribution is 7.16. The number of rotatable bonds is 4. The number of aryl methyl sites for hydroxylation is 1. The first-order valence-electron chi connectivity index (χ1n) is 6.44. The summed E-state index contributed by atoms with van der Waals surface area (Å²) in [6, 6.07) is 0. The van der Waals surface area contributed by atoms with Crippen molar-refractivity contribution in [3.63, 3.8) is 0 Å². The van der Waals surface area contributed by atoms with Gasteiger partial charge in [0.1, 0.15) is 5.00 Å². The van der Waals surface area contributed by atoms with Crippen molar-refractivity contribution in [1.29, 1.82) is 0 Å². The van der Waals surface area contributed by atoms with E-state index < -0.39 is 0 Å². The Morgan fingerprint density at radius 2 is 2.12 bits per heavy atom. The van der Waals surface area contributed by atoms with E-state index in [9.17, 15) is 4.79 Å². The summed E-state index contributed by atoms with van der Waals surface area (Å²) in [5, 5.41) is 4.46. The Labute approximate surface area is 105 Å². The van der Waals surface area contributed by atoms with Crippen molar-refractivity contribution in [2.45, 2.75) is 38.5 Å². The number of hydrogen-bond donors (Lipinski definition) is 2. The van der Waals surface area contributed by atoms with Gasteiger partial charge < -0.3 is 11.1 Å². The largest absolute Gasteiger partial charge is 0.376 e. The maximum absolute atomic E-state index is 11.6. The Bertz CT molecular complexity index is 449. The quantitative estimate of drug-likeness (QED) is 0.863. The van der Waals surface area contributed by atoms with E-state index in [1.807, 2.05) is 0 Å². The van der Waals surface area contributed by atoms with E-state index in [-0.39, 0.29) is 5.91 Å². The summed E-state index contributed by atoms with van der Waals surface area (Å²) < 4.78 is 0. The van der Waals surface area contributed by atoms with Gasteiger partial charge in [-0.2, -0.15) is 0 Å². The van der Waals surface area contributed by atoms with Crippen LogP contribution >= 0.6 is 11.3 Å². The molecule has 0 aromatic carbocycles. The molecule has 0 saturated heterocycles. The molecule has 1 amide bonds. The molecule has 4 heteroatoms. The number of fused-ring (bicyclic) bond motifs is 1. The third-order valence-electron chi connectivity index (χ3n) is 3.67. The van der Waals surface area contributed by atoms with Crippen molar-refractivity contribution in [1.82, 2.24) is 0 Å². The molecule has 2 aliphatic carbocycles. The number of primary amides is 1. The highest BCUT2D eigenvalue weighted by Gasteiger charge is 2.26. The van der Waals surface area contributed by atoms with Gasteiger partial charge in [0, 0.05) is 11.4 Å². The Hall–Kier alpha value is -1.03. The zero-order valence-electron chi connectivity index (χ0n) is 9.92. The van der Waals surface area contributed by atoms with Crippen molar-refractivity contribution >= 4 is 22.2 Å². The lowest BCUT2D eigenvalue weighted by atomic mass is 9.95. The molecule has 0 bridgehead atoms. The van der Waals surface area contributed by atoms with Crippen LogP contribution in [0.15, 0.2) is 0 Å². The minimum absolute atomic E-state index is 0.261. The van der Waals surface area contributed by atoms with Crippen LogP contribution in [0.4, 0.5) is 5.00 Å². The monoisotopic (exact) mass is 250 g/mol. The van der Waals surface area contributed by atoms with Gasteiger partial charge in [0.15, 0.2) is 0 Å². The first kappa shape index (κ1) is 11.1. The van der Waals surface area contributed by atoms with Gasteiger partial charge in [-0.1, -0.05) is 0 Å². The third kappa shape index (κ3) is 2.18. The van der Waals surface area contributed by atoms with Gasteiger partial charge in [0.2, 0.25) is 0 Å². The summed E-state index contributed by atoms with van der Waals surface area (Å²) >= 11 is 1.75. The van der Waals surface area contributed by atoms with Crippen LogP contribution < -0.4 is 11.1 Å². The molecule has 0 spiro atoms. The molecule has 3 nitrogen and oxygen atoms in total. The van der Waals surface area contributed by atoms with Crippen molar-refractivity contribution in [3.8, 4) is 0 Å². The zero-order chi connectivity index (χ0) is 11.8. The summed E-state index contributed by atoms with van der Waals surface area (Å²) in [5.74, 6) is 0.553. The van der Waals surface area contributed by atoms with Crippen LogP contribution in [-0.2, 0) is 12.8 Å². The average molecular weight is 250 g/mol. The molecule has 3 N–H and O–H groups in total. The van der Waals surface area contributed by atoms with E-state index in [0.29, 0.717) is 0 Å². The Kier molecular flexibility index (Phi) is 2.82. The zero-order valence-corrected chi connectivity index (χ0v) is 10.7. The van der Waals surface area contributed by atoms with Gasteiger partial charge in [-0.05, 0) is 50.0 Å². The first-order valence-corrected chi connectivity index (χ1v) is 7.25. The minimum atomic E-state index is -0.261. The number of carbonyl (C=O) groups is 1. The average Bonchev–Trinajstić information content (AvgIpc) is 3.05. The molecule has 0 atom stereocenters. The minimum Gasteiger partial charge on any atom is -0.376 e. The summed E-state index contributed by atoms with van der Waals surface area (Å²) in [5.41, 5.74) is 7.54. The topological polar surface area (TPSA) is 55.1 Å². The van der Waals surface area contributed by atoms with Gasteiger partial charge in [0.05, 0.1) is 5.56 Å². The third-order valence-corrected chi connectivity index (χ3v) is 4.92. The van der Waals surface area contributed by atoms with E-state index in [4.69, 9.17) is 5.73 Å². The predicted molar refractivity (Wildman–Crippen MR) is 70.7 cm³/mol. The second-order valence-electron chi connectivity index (χ2n) is 5.10. The number of carbonyl (C=O) groups excluding carboxylic acids is 1. The molecular formula is C13H18N2OS. The molecule has 1 aromatic heterocycles. The summed E-state index contributed by atoms with van der Waals surface area (Å²) in [7, 11) is 0. The Morgan fingerprint density at radius 3 is 2.82 bits per heavy atom. The lowest BCUT2D eigenvalue weighted by molar-refractivity contribution is 0.100. The molecule has 0 aliphatic heterocycles. The van der Waals surface area contributed by atoms with Gasteiger partial charge in [-0.15, -0.1) is 11.3 Å². The number of thiophene rings is 1. The van der Waals surface area contributed by atoms with Crippen LogP contribution in [0.25, 0.3) is 0 Å². The molecule has 0 unspecified atom stereocenters. The smallest absolute Gasteiger partial charge is 0.251 e. The van der Waals surface area contributed by atoms with E-state index in [2.05, 4.69) is 5.32 Å². The summed E-state index contributed by atoms with van der Waals surface area (Å²) in [6.45, 7) is 1.000. The fourth-order valence-electron chi connectivity index (χ4n) is 2.51. The second-order valence-corrected chi connectivity index (χ2v) is 6.21. The van der Waals surface area contributed by atoms with Crippen LogP contribution in [0.1, 0.15) is 46.5 Å². The number of nitrogens with two attached hydrogens (primary N) is 1. The van der Waals surface area contributed by atoms with E-state index in [1.165, 1.54) is 36.1 Å². The van der Waals surface area contributed by atoms with Gasteiger partial charge >= 0.3 is 0 Å². The van der Waals surface area contributed by atoms with E-state index >= 15 is 0 Å². The molecule has 92 valence electrons. The number of nitrogens with one attached hydrogen (secondary N) is 1. The molecule has 1 aromatic rings. The number of anilines is 1. The summed E-state index contributed by atoms with van der Waals surface area (Å²) in [6.07, 6.45) is 7.22. The lowest BCUT2D eigenvalue weighted by Crippen LogP contribution is -2.16. The van der Waals surface area contributed by atoms with Gasteiger partial charge in [-0.3, -0.25) is 4.79 Å². The second kappa shape index (κ2) is 4.33. The maximum atomic E-state index is 11.6. The molecule has 0 radical (unpaired) electrons. The molecule has 1 saturated carbocycles. The van der Waals surface area contributed by atoms with Crippen molar-refractivity contribution in [3.05, 3.63) is 16.0 Å². The number of hydrogen-bond acceptors (Lipinski definition) is 3. The van der Waals surface area contributed by atoms with E-state index in [0.717, 1.165) is 35.9 Å². The number of amides is 1. The van der Waals surface area contributed by atoms with Crippen LogP contribution in [0.5, 0.6) is 0 Å². The van der Waals surface area contributed by atoms with Crippen LogP contribution in [0.2, 0.25) is 0 Å². The van der Waals surface area contributed by atoms with Gasteiger partial charge in [0.25, 0.3) is 5.91 Å². The predicted octanol–water partition coefficient (Wildman–Crippen LogP) is 2.55. The molecule has 3 rings (SSSR count). The van der Waals surface area contributed by atoms with Crippen LogP contribution in [-0.4, -0.2) is 12.5 Å². The lowest BCUT2D eigenvalue weighted by Gasteiger charge is -2.11. The SMILES string of the molecule is NC(=O)c1c(NCC2CC2)sc2c1CCCC2. The van der Waals surface area contributed by atoms with Crippen molar-refractivity contribution in [2.24, 2.45) is 11.7 Å². The summed E-state index contributed by atoms with van der Waals surface area (Å²) in [4.78, 5) is 13.0. The normalized spacial score (nSPS) is 18.8. The van der Waals surface area contributed by atoms with Crippen molar-refractivity contribution < 1.29 is 4.79 Å². The molecule has 17 heavy (non-hydrogen) atoms. The first-order chi connectivity index (χ1) is 8.25. The van der Waals surface area contributed by atoms with E-state index in [1.54, 1.807) is 11.3 Å². The Balaban J connectivity index is 1.88. The van der Waals surface area contributed by atoms with Crippen LogP contribution in [0.3, 0.4) is 0 Å². The molecule has 1 fully saturated rings. The highest BCUT2D eigenvalue weighted by Crippen LogP contribution is 2.39. The fraction of sp³-hybridized carbons (Fsp3) is 0.615. The highest BCUT2D eigenvalue weighted by atomic mass is 32.1. The molecule has 2 aliphatic rings. The standard InChI is InChI=1S/C13H18N2OS/c14-12(16)11-9-3-1-2-4-10(9)17-13(11)15-7-8-5-6-8/h8,15H,1-7H2,(H2,14,16). The Morgan fingerprint density at radius 1 is 1.35 bits per heavy atom. The van der Waals surface area contributed by atoms with Crippen molar-refractivity contribution in [2.75, 3.05) is 11.9 Å². The maximum Gasteiger partial charge on any atom is 0.251 e. The van der Waals surface area contributed by atoms with Crippen LogP contribution in [0, 0.1) is 5.92 Å². The van der Waals surface area contributed by atoms with Gasteiger partial charge in [-0.25, -0.2) is 0 Å².